The Labute approximate surface area is 301 Å². The Bertz CT molecular complexity index is 2030. The van der Waals surface area contributed by atoms with E-state index in [0.29, 0.717) is 57.1 Å². The Balaban J connectivity index is 1.23. The molecule has 3 N–H and O–H groups in total. The minimum Gasteiger partial charge on any atom is -0.381 e. The molecular weight excluding hydrogens is 711 g/mol. The number of carbonyl (C=O) groups excluding carboxylic acids is 2. The van der Waals surface area contributed by atoms with Crippen LogP contribution in [0.15, 0.2) is 59.2 Å². The summed E-state index contributed by atoms with van der Waals surface area (Å²) >= 11 is 18.9. The molecule has 0 aliphatic heterocycles. The predicted molar refractivity (Wildman–Crippen MR) is 190 cm³/mol. The number of carbonyl (C=O) groups is 2. The highest BCUT2D eigenvalue weighted by Crippen LogP contribution is 2.34. The van der Waals surface area contributed by atoms with Crippen molar-refractivity contribution in [1.82, 2.24) is 30.7 Å². The summed E-state index contributed by atoms with van der Waals surface area (Å²) in [5, 5.41) is 33.5. The summed E-state index contributed by atoms with van der Waals surface area (Å²) in [4.78, 5) is 38.0. The highest BCUT2D eigenvalue weighted by Gasteiger charge is 2.38. The third-order valence-corrected chi connectivity index (χ3v) is 9.06. The molecule has 0 spiro atoms. The van der Waals surface area contributed by atoms with E-state index in [-0.39, 0.29) is 48.1 Å². The molecule has 3 aromatic carbocycles. The largest absolute Gasteiger partial charge is 0.381 e. The molecule has 0 saturated heterocycles. The maximum atomic E-state index is 13.9. The van der Waals surface area contributed by atoms with E-state index < -0.39 is 16.4 Å². The average molecular weight is 744 g/mol. The molecule has 5 aromatic rings. The van der Waals surface area contributed by atoms with Gasteiger partial charge in [-0.3, -0.25) is 19.7 Å². The molecule has 2 heterocycles. The van der Waals surface area contributed by atoms with Crippen LogP contribution < -0.4 is 16.0 Å². The number of amides is 2. The van der Waals surface area contributed by atoms with Gasteiger partial charge < -0.3 is 20.7 Å². The number of non-ortho nitro benzene ring substituents is 1. The Morgan fingerprint density at radius 3 is 2.32 bits per heavy atom. The number of benzene rings is 3. The van der Waals surface area contributed by atoms with Crippen LogP contribution in [-0.4, -0.2) is 68.7 Å². The van der Waals surface area contributed by atoms with Crippen molar-refractivity contribution in [2.45, 2.75) is 39.2 Å². The minimum absolute atomic E-state index is 0.0440. The number of halogens is 3. The number of ether oxygens (including phenoxy) is 1. The number of nitro groups is 1. The standard InChI is InChI=1S/C33H33Cl3N8O6/c1-4-33(5-2,32(46)38-15-17-49-16-14-37-24-11-13-26(44(47)48)29-28(24)41-50-42-29)39-31(45)27-19(3)30(20-6-8-21(34)9-7-20)43(40-27)25-12-10-22(35)18-23(25)36/h6-13,18,37H,4-5,14-17H2,1-3H3,(H,38,46)(H,39,45). The molecule has 5 rings (SSSR count). The van der Waals surface area contributed by atoms with Gasteiger partial charge in [-0.2, -0.15) is 5.10 Å². The third kappa shape index (κ3) is 7.68. The quantitative estimate of drug-likeness (QED) is 0.0588. The second-order valence-corrected chi connectivity index (χ2v) is 12.5. The SMILES string of the molecule is CCC(CC)(NC(=O)c1nn(-c2ccc(Cl)cc2Cl)c(-c2ccc(Cl)cc2)c1C)C(=O)NCCOCCNc1ccc([N+](=O)[O-])c2nonc12. The van der Waals surface area contributed by atoms with Crippen molar-refractivity contribution >= 4 is 69.0 Å². The molecule has 2 aromatic heterocycles. The van der Waals surface area contributed by atoms with Gasteiger partial charge in [0.05, 0.1) is 40.2 Å². The van der Waals surface area contributed by atoms with Crippen LogP contribution in [0.2, 0.25) is 15.1 Å². The average Bonchev–Trinajstić information content (AvgIpc) is 3.72. The number of anilines is 1. The molecule has 50 heavy (non-hydrogen) atoms. The monoisotopic (exact) mass is 742 g/mol. The van der Waals surface area contributed by atoms with Gasteiger partial charge in [0.2, 0.25) is 11.4 Å². The molecule has 0 atom stereocenters. The normalized spacial score (nSPS) is 11.5. The van der Waals surface area contributed by atoms with Crippen LogP contribution in [0.1, 0.15) is 42.7 Å². The Morgan fingerprint density at radius 1 is 0.960 bits per heavy atom. The smallest absolute Gasteiger partial charge is 0.300 e. The molecule has 0 aliphatic carbocycles. The first kappa shape index (κ1) is 36.5. The molecule has 2 amide bonds. The lowest BCUT2D eigenvalue weighted by Crippen LogP contribution is -2.58. The number of aromatic nitrogens is 4. The van der Waals surface area contributed by atoms with Gasteiger partial charge in [0.25, 0.3) is 5.91 Å². The van der Waals surface area contributed by atoms with Crippen molar-refractivity contribution in [3.05, 3.63) is 91.0 Å². The lowest BCUT2D eigenvalue weighted by Gasteiger charge is -2.31. The predicted octanol–water partition coefficient (Wildman–Crippen LogP) is 6.79. The van der Waals surface area contributed by atoms with E-state index in [4.69, 9.17) is 39.5 Å². The highest BCUT2D eigenvalue weighted by atomic mass is 35.5. The summed E-state index contributed by atoms with van der Waals surface area (Å²) in [6, 6.07) is 15.0. The lowest BCUT2D eigenvalue weighted by atomic mass is 9.91. The fourth-order valence-corrected chi connectivity index (χ4v) is 6.09. The molecule has 0 fully saturated rings. The van der Waals surface area contributed by atoms with Gasteiger partial charge in [0.15, 0.2) is 11.2 Å². The molecule has 0 radical (unpaired) electrons. The molecule has 0 saturated carbocycles. The van der Waals surface area contributed by atoms with Gasteiger partial charge in [-0.25, -0.2) is 9.31 Å². The van der Waals surface area contributed by atoms with Gasteiger partial charge in [0.1, 0.15) is 5.54 Å². The molecular formula is C33H33Cl3N8O6. The molecule has 14 nitrogen and oxygen atoms in total. The van der Waals surface area contributed by atoms with Crippen LogP contribution in [0.5, 0.6) is 0 Å². The number of nitro benzene ring substituents is 1. The van der Waals surface area contributed by atoms with E-state index in [9.17, 15) is 19.7 Å². The van der Waals surface area contributed by atoms with E-state index in [0.717, 1.165) is 5.56 Å². The van der Waals surface area contributed by atoms with E-state index in [1.165, 1.54) is 12.1 Å². The van der Waals surface area contributed by atoms with Crippen LogP contribution in [0.3, 0.4) is 0 Å². The van der Waals surface area contributed by atoms with Crippen LogP contribution in [0, 0.1) is 17.0 Å². The van der Waals surface area contributed by atoms with Gasteiger partial charge in [-0.05, 0) is 66.5 Å². The molecule has 0 aliphatic rings. The van der Waals surface area contributed by atoms with Crippen molar-refractivity contribution < 1.29 is 23.9 Å². The zero-order valence-corrected chi connectivity index (χ0v) is 29.5. The summed E-state index contributed by atoms with van der Waals surface area (Å²) in [5.74, 6) is -0.884. The van der Waals surface area contributed by atoms with Crippen LogP contribution in [0.4, 0.5) is 11.4 Å². The Hall–Kier alpha value is -4.76. The topological polar surface area (TPSA) is 179 Å². The first-order valence-electron chi connectivity index (χ1n) is 15.6. The van der Waals surface area contributed by atoms with Crippen molar-refractivity contribution in [2.75, 3.05) is 31.6 Å². The fraction of sp³-hybridized carbons (Fsp3) is 0.303. The Morgan fingerprint density at radius 2 is 1.64 bits per heavy atom. The summed E-state index contributed by atoms with van der Waals surface area (Å²) in [6.07, 6.45) is 0.637. The highest BCUT2D eigenvalue weighted by molar-refractivity contribution is 6.35. The van der Waals surface area contributed by atoms with Crippen LogP contribution in [-0.2, 0) is 9.53 Å². The maximum absolute atomic E-state index is 13.9. The first-order chi connectivity index (χ1) is 24.0. The zero-order valence-electron chi connectivity index (χ0n) is 27.3. The fourth-order valence-electron chi connectivity index (χ4n) is 5.48. The first-order valence-corrected chi connectivity index (χ1v) is 16.8. The number of nitrogens with zero attached hydrogens (tertiary/aromatic N) is 5. The van der Waals surface area contributed by atoms with Crippen molar-refractivity contribution in [1.29, 1.82) is 0 Å². The molecule has 0 bridgehead atoms. The third-order valence-electron chi connectivity index (χ3n) is 8.27. The van der Waals surface area contributed by atoms with Crippen molar-refractivity contribution in [3.63, 3.8) is 0 Å². The summed E-state index contributed by atoms with van der Waals surface area (Å²) in [6.45, 7) is 6.43. The second kappa shape index (κ2) is 15.9. The zero-order chi connectivity index (χ0) is 36.0. The minimum atomic E-state index is -1.22. The van der Waals surface area contributed by atoms with E-state index in [1.807, 2.05) is 26.0 Å². The van der Waals surface area contributed by atoms with E-state index >= 15 is 0 Å². The molecule has 17 heteroatoms. The number of hydrogen-bond acceptors (Lipinski definition) is 10. The van der Waals surface area contributed by atoms with Gasteiger partial charge >= 0.3 is 5.69 Å². The van der Waals surface area contributed by atoms with Gasteiger partial charge in [-0.15, -0.1) is 0 Å². The van der Waals surface area contributed by atoms with E-state index in [2.05, 4.69) is 36.0 Å². The van der Waals surface area contributed by atoms with Crippen molar-refractivity contribution in [3.8, 4) is 16.9 Å². The summed E-state index contributed by atoms with van der Waals surface area (Å²) < 4.78 is 11.9. The number of nitrogens with one attached hydrogen (secondary N) is 3. The van der Waals surface area contributed by atoms with Gasteiger partial charge in [-0.1, -0.05) is 60.8 Å². The van der Waals surface area contributed by atoms with E-state index in [1.54, 1.807) is 41.9 Å². The summed E-state index contributed by atoms with van der Waals surface area (Å²) in [7, 11) is 0. The van der Waals surface area contributed by atoms with Crippen molar-refractivity contribution in [2.24, 2.45) is 0 Å². The van der Waals surface area contributed by atoms with Gasteiger partial charge in [0, 0.05) is 40.3 Å². The number of hydrogen-bond donors (Lipinski definition) is 3. The molecule has 0 unspecified atom stereocenters. The molecule has 262 valence electrons. The van der Waals surface area contributed by atoms with Crippen LogP contribution >= 0.6 is 34.8 Å². The second-order valence-electron chi connectivity index (χ2n) is 11.2. The van der Waals surface area contributed by atoms with Crippen LogP contribution in [0.25, 0.3) is 28.0 Å². The maximum Gasteiger partial charge on any atom is 0.300 e. The number of rotatable bonds is 15. The number of fused-ring (bicyclic) bond motifs is 1. The summed E-state index contributed by atoms with van der Waals surface area (Å²) in [5.41, 5.74) is 1.96. The lowest BCUT2D eigenvalue weighted by molar-refractivity contribution is -0.383. The Kier molecular flexibility index (Phi) is 11.6.